The lowest BCUT2D eigenvalue weighted by atomic mass is 9.94. The predicted molar refractivity (Wildman–Crippen MR) is 53.0 cm³/mol. The third-order valence-electron chi connectivity index (χ3n) is 2.40. The van der Waals surface area contributed by atoms with E-state index in [9.17, 15) is 0 Å². The van der Waals surface area contributed by atoms with Crippen LogP contribution in [-0.4, -0.2) is 23.9 Å². The van der Waals surface area contributed by atoms with Crippen LogP contribution in [0.15, 0.2) is 0 Å². The molecule has 3 heteroatoms. The first kappa shape index (κ1) is 9.74. The standard InChI is InChI=1S/C8H15IO2/c1-10-8(11-2)6-4-3-5-7(8)9/h7H,3-6H2,1-2H3. The maximum absolute atomic E-state index is 5.41. The second kappa shape index (κ2) is 4.05. The molecule has 0 N–H and O–H groups in total. The molecule has 1 rings (SSSR count). The molecule has 0 bridgehead atoms. The van der Waals surface area contributed by atoms with Crippen LogP contribution in [0.4, 0.5) is 0 Å². The van der Waals surface area contributed by atoms with Gasteiger partial charge in [-0.05, 0) is 12.8 Å². The number of methoxy groups -OCH3 is 2. The van der Waals surface area contributed by atoms with Crippen LogP contribution < -0.4 is 0 Å². The van der Waals surface area contributed by atoms with Gasteiger partial charge in [-0.15, -0.1) is 0 Å². The van der Waals surface area contributed by atoms with E-state index in [1.165, 1.54) is 19.3 Å². The molecule has 1 saturated carbocycles. The lowest BCUT2D eigenvalue weighted by molar-refractivity contribution is -0.215. The molecule has 1 aliphatic carbocycles. The van der Waals surface area contributed by atoms with Crippen molar-refractivity contribution in [3.8, 4) is 0 Å². The number of halogens is 1. The van der Waals surface area contributed by atoms with Crippen molar-refractivity contribution in [3.63, 3.8) is 0 Å². The van der Waals surface area contributed by atoms with E-state index < -0.39 is 0 Å². The van der Waals surface area contributed by atoms with Gasteiger partial charge in [-0.1, -0.05) is 29.0 Å². The van der Waals surface area contributed by atoms with E-state index in [2.05, 4.69) is 22.6 Å². The third-order valence-corrected chi connectivity index (χ3v) is 3.97. The highest BCUT2D eigenvalue weighted by atomic mass is 127. The number of alkyl halides is 1. The van der Waals surface area contributed by atoms with E-state index in [4.69, 9.17) is 9.47 Å². The Morgan fingerprint density at radius 1 is 1.27 bits per heavy atom. The van der Waals surface area contributed by atoms with Gasteiger partial charge in [0.05, 0.1) is 3.92 Å². The van der Waals surface area contributed by atoms with Gasteiger partial charge >= 0.3 is 0 Å². The molecular formula is C8H15IO2. The van der Waals surface area contributed by atoms with Crippen molar-refractivity contribution in [2.45, 2.75) is 35.4 Å². The minimum absolute atomic E-state index is 0.293. The van der Waals surface area contributed by atoms with Gasteiger partial charge < -0.3 is 9.47 Å². The zero-order chi connectivity index (χ0) is 8.32. The van der Waals surface area contributed by atoms with E-state index >= 15 is 0 Å². The molecule has 0 radical (unpaired) electrons. The number of ether oxygens (including phenoxy) is 2. The van der Waals surface area contributed by atoms with Crippen LogP contribution in [0, 0.1) is 0 Å². The van der Waals surface area contributed by atoms with E-state index in [1.54, 1.807) is 14.2 Å². The van der Waals surface area contributed by atoms with Crippen LogP contribution >= 0.6 is 22.6 Å². The van der Waals surface area contributed by atoms with Crippen LogP contribution in [0.3, 0.4) is 0 Å². The summed E-state index contributed by atoms with van der Waals surface area (Å²) in [5.74, 6) is -0.293. The van der Waals surface area contributed by atoms with Crippen molar-refractivity contribution in [2.75, 3.05) is 14.2 Å². The molecule has 0 aliphatic heterocycles. The van der Waals surface area contributed by atoms with Gasteiger partial charge in [0, 0.05) is 20.6 Å². The van der Waals surface area contributed by atoms with Crippen molar-refractivity contribution < 1.29 is 9.47 Å². The normalized spacial score (nSPS) is 30.3. The molecule has 1 unspecified atom stereocenters. The van der Waals surface area contributed by atoms with Gasteiger partial charge in [-0.3, -0.25) is 0 Å². The molecule has 1 fully saturated rings. The molecule has 0 heterocycles. The summed E-state index contributed by atoms with van der Waals surface area (Å²) < 4.78 is 11.3. The highest BCUT2D eigenvalue weighted by molar-refractivity contribution is 14.1. The summed E-state index contributed by atoms with van der Waals surface area (Å²) in [4.78, 5) is 0. The molecule has 0 spiro atoms. The average Bonchev–Trinajstić information content (AvgIpc) is 2.06. The highest BCUT2D eigenvalue weighted by Crippen LogP contribution is 2.36. The molecular weight excluding hydrogens is 255 g/mol. The summed E-state index contributed by atoms with van der Waals surface area (Å²) in [5.41, 5.74) is 0. The summed E-state index contributed by atoms with van der Waals surface area (Å²) in [7, 11) is 3.47. The molecule has 1 atom stereocenters. The highest BCUT2D eigenvalue weighted by Gasteiger charge is 2.39. The predicted octanol–water partition coefficient (Wildman–Crippen LogP) is 2.35. The van der Waals surface area contributed by atoms with E-state index in [0.29, 0.717) is 3.92 Å². The molecule has 0 aromatic rings. The van der Waals surface area contributed by atoms with Gasteiger partial charge in [0.2, 0.25) is 0 Å². The lowest BCUT2D eigenvalue weighted by Gasteiger charge is -2.38. The third kappa shape index (κ3) is 1.87. The first-order valence-corrected chi connectivity index (χ1v) is 5.24. The largest absolute Gasteiger partial charge is 0.352 e. The number of hydrogen-bond donors (Lipinski definition) is 0. The van der Waals surface area contributed by atoms with Gasteiger partial charge in [-0.25, -0.2) is 0 Å². The topological polar surface area (TPSA) is 18.5 Å². The summed E-state index contributed by atoms with van der Waals surface area (Å²) in [5, 5.41) is 0. The zero-order valence-electron chi connectivity index (χ0n) is 7.10. The van der Waals surface area contributed by atoms with Crippen molar-refractivity contribution in [1.82, 2.24) is 0 Å². The van der Waals surface area contributed by atoms with E-state index in [1.807, 2.05) is 0 Å². The fourth-order valence-electron chi connectivity index (χ4n) is 1.61. The second-order valence-corrected chi connectivity index (χ2v) is 4.44. The molecule has 66 valence electrons. The van der Waals surface area contributed by atoms with E-state index in [0.717, 1.165) is 6.42 Å². The minimum atomic E-state index is -0.293. The average molecular weight is 270 g/mol. The Morgan fingerprint density at radius 3 is 2.27 bits per heavy atom. The molecule has 2 nitrogen and oxygen atoms in total. The maximum atomic E-state index is 5.41. The van der Waals surface area contributed by atoms with E-state index in [-0.39, 0.29) is 5.79 Å². The van der Waals surface area contributed by atoms with Crippen LogP contribution in [0.5, 0.6) is 0 Å². The van der Waals surface area contributed by atoms with Gasteiger partial charge in [0.1, 0.15) is 0 Å². The monoisotopic (exact) mass is 270 g/mol. The summed E-state index contributed by atoms with van der Waals surface area (Å²) >= 11 is 2.42. The zero-order valence-corrected chi connectivity index (χ0v) is 9.26. The van der Waals surface area contributed by atoms with Crippen molar-refractivity contribution in [3.05, 3.63) is 0 Å². The molecule has 11 heavy (non-hydrogen) atoms. The van der Waals surface area contributed by atoms with Crippen LogP contribution in [0.2, 0.25) is 0 Å². The quantitative estimate of drug-likeness (QED) is 0.435. The minimum Gasteiger partial charge on any atom is -0.352 e. The van der Waals surface area contributed by atoms with Crippen molar-refractivity contribution >= 4 is 22.6 Å². The van der Waals surface area contributed by atoms with Gasteiger partial charge in [0.15, 0.2) is 5.79 Å². The smallest absolute Gasteiger partial charge is 0.179 e. The molecule has 0 aromatic heterocycles. The van der Waals surface area contributed by atoms with Crippen molar-refractivity contribution in [2.24, 2.45) is 0 Å². The van der Waals surface area contributed by atoms with Crippen LogP contribution in [0.25, 0.3) is 0 Å². The number of rotatable bonds is 2. The summed E-state index contributed by atoms with van der Waals surface area (Å²) in [6, 6.07) is 0. The second-order valence-electron chi connectivity index (χ2n) is 2.93. The molecule has 0 amide bonds. The Balaban J connectivity index is 2.61. The van der Waals surface area contributed by atoms with Crippen LogP contribution in [0.1, 0.15) is 25.7 Å². The Morgan fingerprint density at radius 2 is 1.91 bits per heavy atom. The summed E-state index contributed by atoms with van der Waals surface area (Å²) in [6.07, 6.45) is 4.78. The van der Waals surface area contributed by atoms with Gasteiger partial charge in [-0.2, -0.15) is 0 Å². The Bertz CT molecular complexity index is 123. The Labute approximate surface area is 81.8 Å². The Hall–Kier alpha value is 0.650. The summed E-state index contributed by atoms with van der Waals surface area (Å²) in [6.45, 7) is 0. The van der Waals surface area contributed by atoms with Crippen molar-refractivity contribution in [1.29, 1.82) is 0 Å². The Kier molecular flexibility index (Phi) is 3.58. The molecule has 0 saturated heterocycles. The fourth-order valence-corrected chi connectivity index (χ4v) is 2.88. The maximum Gasteiger partial charge on any atom is 0.179 e. The molecule has 0 aromatic carbocycles. The SMILES string of the molecule is COC1(OC)CCCCC1I. The lowest BCUT2D eigenvalue weighted by Crippen LogP contribution is -2.44. The fraction of sp³-hybridized carbons (Fsp3) is 1.00. The molecule has 1 aliphatic rings. The first-order chi connectivity index (χ1) is 5.25. The van der Waals surface area contributed by atoms with Crippen LogP contribution in [-0.2, 0) is 9.47 Å². The first-order valence-electron chi connectivity index (χ1n) is 3.99. The van der Waals surface area contributed by atoms with Gasteiger partial charge in [0.25, 0.3) is 0 Å². The number of hydrogen-bond acceptors (Lipinski definition) is 2.